The van der Waals surface area contributed by atoms with Gasteiger partial charge in [-0.15, -0.1) is 0 Å². The van der Waals surface area contributed by atoms with E-state index >= 15 is 0 Å². The minimum Gasteiger partial charge on any atom is -0.352 e. The lowest BCUT2D eigenvalue weighted by Crippen LogP contribution is -2.54. The molecule has 182 valence electrons. The van der Waals surface area contributed by atoms with Gasteiger partial charge >= 0.3 is 0 Å². The molecule has 3 aliphatic rings. The summed E-state index contributed by atoms with van der Waals surface area (Å²) < 4.78 is 0. The Balaban J connectivity index is 1.10. The van der Waals surface area contributed by atoms with Gasteiger partial charge in [0.2, 0.25) is 0 Å². The van der Waals surface area contributed by atoms with Crippen LogP contribution in [0, 0.1) is 5.92 Å². The Morgan fingerprint density at radius 1 is 1.06 bits per heavy atom. The molecular formula is C32H38N2O. The molecule has 0 spiro atoms. The molecular weight excluding hydrogens is 428 g/mol. The van der Waals surface area contributed by atoms with Crippen molar-refractivity contribution in [3.63, 3.8) is 0 Å². The topological polar surface area (TPSA) is 32.3 Å². The smallest absolute Gasteiger partial charge is 0.251 e. The third kappa shape index (κ3) is 4.51. The summed E-state index contributed by atoms with van der Waals surface area (Å²) in [4.78, 5) is 15.8. The average Bonchev–Trinajstić information content (AvgIpc) is 3.70. The SMILES string of the molecule is CC1c2ccc(C(=O)NCCCc3ccc4ccccc4c3)cc2C2(C)CCN(CC3CC3)C1C2. The van der Waals surface area contributed by atoms with Crippen molar-refractivity contribution in [1.82, 2.24) is 10.2 Å². The molecule has 2 fully saturated rings. The Morgan fingerprint density at radius 2 is 1.89 bits per heavy atom. The summed E-state index contributed by atoms with van der Waals surface area (Å²) in [6.07, 6.45) is 7.20. The molecule has 3 unspecified atom stereocenters. The van der Waals surface area contributed by atoms with Gasteiger partial charge in [-0.3, -0.25) is 9.69 Å². The Morgan fingerprint density at radius 3 is 2.71 bits per heavy atom. The standard InChI is InChI=1S/C32H38N2O/c1-22-28-14-13-27(19-29(28)32(2)15-17-34(30(22)20-32)21-24-9-10-24)31(35)33-16-5-6-23-11-12-25-7-3-4-8-26(25)18-23/h3-4,7-8,11-14,18-19,22,24,30H,5-6,9-10,15-17,20-21H2,1-2H3,(H,33,35). The summed E-state index contributed by atoms with van der Waals surface area (Å²) in [6.45, 7) is 8.03. The minimum absolute atomic E-state index is 0.0656. The van der Waals surface area contributed by atoms with Gasteiger partial charge < -0.3 is 5.32 Å². The van der Waals surface area contributed by atoms with Gasteiger partial charge in [0.25, 0.3) is 5.91 Å². The molecule has 1 saturated heterocycles. The van der Waals surface area contributed by atoms with E-state index in [-0.39, 0.29) is 11.3 Å². The van der Waals surface area contributed by atoms with Crippen LogP contribution >= 0.6 is 0 Å². The van der Waals surface area contributed by atoms with E-state index in [0.29, 0.717) is 18.5 Å². The largest absolute Gasteiger partial charge is 0.352 e. The number of amides is 1. The second-order valence-electron chi connectivity index (χ2n) is 11.7. The molecule has 35 heavy (non-hydrogen) atoms. The minimum atomic E-state index is 0.0656. The summed E-state index contributed by atoms with van der Waals surface area (Å²) >= 11 is 0. The van der Waals surface area contributed by atoms with Gasteiger partial charge in [-0.1, -0.05) is 62.4 Å². The van der Waals surface area contributed by atoms with Crippen LogP contribution in [0.15, 0.2) is 60.7 Å². The number of hydrogen-bond acceptors (Lipinski definition) is 2. The number of hydrogen-bond donors (Lipinski definition) is 1. The number of fused-ring (bicyclic) bond motifs is 5. The Labute approximate surface area is 209 Å². The van der Waals surface area contributed by atoms with Crippen molar-refractivity contribution in [2.75, 3.05) is 19.6 Å². The normalized spacial score (nSPS) is 25.9. The molecule has 1 amide bonds. The zero-order chi connectivity index (χ0) is 24.0. The van der Waals surface area contributed by atoms with Crippen molar-refractivity contribution < 1.29 is 4.79 Å². The van der Waals surface area contributed by atoms with Crippen LogP contribution in [0.1, 0.15) is 78.9 Å². The maximum Gasteiger partial charge on any atom is 0.251 e. The number of nitrogens with zero attached hydrogens (tertiary/aromatic N) is 1. The lowest BCUT2D eigenvalue weighted by Gasteiger charge is -2.53. The highest BCUT2D eigenvalue weighted by Crippen LogP contribution is 2.50. The first-order chi connectivity index (χ1) is 17.0. The van der Waals surface area contributed by atoms with Gasteiger partial charge in [0.15, 0.2) is 0 Å². The second kappa shape index (κ2) is 9.09. The Bertz CT molecular complexity index is 1250. The molecule has 3 heteroatoms. The molecule has 1 N–H and O–H groups in total. The van der Waals surface area contributed by atoms with Gasteiger partial charge in [-0.2, -0.15) is 0 Å². The number of carbonyl (C=O) groups excluding carboxylic acids is 1. The summed E-state index contributed by atoms with van der Waals surface area (Å²) in [5, 5.41) is 5.74. The van der Waals surface area contributed by atoms with Crippen LogP contribution in [0.25, 0.3) is 10.8 Å². The van der Waals surface area contributed by atoms with Crippen LogP contribution in [-0.4, -0.2) is 36.5 Å². The maximum absolute atomic E-state index is 13.0. The fourth-order valence-corrected chi connectivity index (χ4v) is 6.66. The zero-order valence-corrected chi connectivity index (χ0v) is 21.2. The Kier molecular flexibility index (Phi) is 5.92. The van der Waals surface area contributed by atoms with Gasteiger partial charge in [-0.25, -0.2) is 0 Å². The highest BCUT2D eigenvalue weighted by atomic mass is 16.1. The van der Waals surface area contributed by atoms with E-state index in [1.165, 1.54) is 66.2 Å². The highest BCUT2D eigenvalue weighted by molar-refractivity contribution is 5.94. The number of aryl methyl sites for hydroxylation is 1. The fraction of sp³-hybridized carbons (Fsp3) is 0.469. The first-order valence-corrected chi connectivity index (χ1v) is 13.6. The van der Waals surface area contributed by atoms with E-state index in [4.69, 9.17) is 0 Å². The van der Waals surface area contributed by atoms with E-state index in [1.54, 1.807) is 0 Å². The number of rotatable bonds is 7. The van der Waals surface area contributed by atoms with Gasteiger partial charge in [0, 0.05) is 24.7 Å². The number of benzene rings is 3. The molecule has 2 aliphatic carbocycles. The molecule has 3 atom stereocenters. The summed E-state index contributed by atoms with van der Waals surface area (Å²) in [5.74, 6) is 1.55. The van der Waals surface area contributed by atoms with E-state index in [1.807, 2.05) is 0 Å². The van der Waals surface area contributed by atoms with Crippen molar-refractivity contribution in [3.8, 4) is 0 Å². The van der Waals surface area contributed by atoms with Gasteiger partial charge in [0.05, 0.1) is 0 Å². The number of carbonyl (C=O) groups is 1. The maximum atomic E-state index is 13.0. The fourth-order valence-electron chi connectivity index (χ4n) is 6.66. The third-order valence-corrected chi connectivity index (χ3v) is 9.04. The van der Waals surface area contributed by atoms with E-state index in [2.05, 4.69) is 84.7 Å². The summed E-state index contributed by atoms with van der Waals surface area (Å²) in [5.41, 5.74) is 5.24. The summed E-state index contributed by atoms with van der Waals surface area (Å²) in [7, 11) is 0. The number of likely N-dealkylation sites (tertiary alicyclic amines) is 1. The van der Waals surface area contributed by atoms with Crippen molar-refractivity contribution >= 4 is 16.7 Å². The molecule has 1 aliphatic heterocycles. The predicted octanol–water partition coefficient (Wildman–Crippen LogP) is 6.45. The first-order valence-electron chi connectivity index (χ1n) is 13.6. The van der Waals surface area contributed by atoms with Crippen LogP contribution in [0.5, 0.6) is 0 Å². The average molecular weight is 467 g/mol. The molecule has 2 bridgehead atoms. The Hall–Kier alpha value is -2.65. The molecule has 3 nitrogen and oxygen atoms in total. The second-order valence-corrected chi connectivity index (χ2v) is 11.7. The number of nitrogens with one attached hydrogen (secondary N) is 1. The molecule has 3 aromatic carbocycles. The van der Waals surface area contributed by atoms with E-state index in [9.17, 15) is 4.79 Å². The van der Waals surface area contributed by atoms with Crippen molar-refractivity contribution in [1.29, 1.82) is 0 Å². The van der Waals surface area contributed by atoms with Crippen LogP contribution in [0.4, 0.5) is 0 Å². The van der Waals surface area contributed by atoms with Crippen molar-refractivity contribution in [3.05, 3.63) is 82.9 Å². The molecule has 1 saturated carbocycles. The first kappa shape index (κ1) is 22.8. The van der Waals surface area contributed by atoms with E-state index in [0.717, 1.165) is 24.3 Å². The quantitative estimate of drug-likeness (QED) is 0.406. The van der Waals surface area contributed by atoms with Gasteiger partial charge in [0.1, 0.15) is 0 Å². The predicted molar refractivity (Wildman–Crippen MR) is 144 cm³/mol. The third-order valence-electron chi connectivity index (χ3n) is 9.04. The van der Waals surface area contributed by atoms with Crippen LogP contribution < -0.4 is 5.32 Å². The van der Waals surface area contributed by atoms with Crippen molar-refractivity contribution in [2.24, 2.45) is 5.92 Å². The highest BCUT2D eigenvalue weighted by Gasteiger charge is 2.46. The molecule has 0 aromatic heterocycles. The number of piperidine rings is 1. The monoisotopic (exact) mass is 466 g/mol. The lowest BCUT2D eigenvalue weighted by atomic mass is 9.61. The molecule has 6 rings (SSSR count). The molecule has 1 heterocycles. The van der Waals surface area contributed by atoms with Crippen LogP contribution in [-0.2, 0) is 11.8 Å². The lowest BCUT2D eigenvalue weighted by molar-refractivity contribution is 0.0671. The molecule has 0 radical (unpaired) electrons. The van der Waals surface area contributed by atoms with Crippen LogP contribution in [0.2, 0.25) is 0 Å². The zero-order valence-electron chi connectivity index (χ0n) is 21.2. The van der Waals surface area contributed by atoms with E-state index < -0.39 is 0 Å². The van der Waals surface area contributed by atoms with Gasteiger partial charge in [-0.05, 0) is 102 Å². The van der Waals surface area contributed by atoms with Crippen LogP contribution in [0.3, 0.4) is 0 Å². The molecule has 3 aromatic rings. The summed E-state index contributed by atoms with van der Waals surface area (Å²) in [6, 6.07) is 22.3. The van der Waals surface area contributed by atoms with Crippen molar-refractivity contribution in [2.45, 2.75) is 69.7 Å².